The molecule has 4 N–H and O–H groups in total. The summed E-state index contributed by atoms with van der Waals surface area (Å²) in [5, 5.41) is 28.4. The van der Waals surface area contributed by atoms with Gasteiger partial charge in [-0.1, -0.05) is 52.0 Å². The summed E-state index contributed by atoms with van der Waals surface area (Å²) in [4.78, 5) is 0. The maximum absolute atomic E-state index is 10.1. The van der Waals surface area contributed by atoms with Crippen LogP contribution in [0.2, 0.25) is 0 Å². The number of aliphatic hydroxyl groups excluding tert-OH is 2. The molecule has 0 aliphatic rings. The van der Waals surface area contributed by atoms with Crippen LogP contribution in [-0.2, 0) is 0 Å². The Kier molecular flexibility index (Phi) is 8.99. The number of hydrogen-bond acceptors (Lipinski definition) is 6. The number of hydrogen-bond donors (Lipinski definition) is 4. The third-order valence-corrected chi connectivity index (χ3v) is 4.23. The third-order valence-electron chi connectivity index (χ3n) is 4.23. The summed E-state index contributed by atoms with van der Waals surface area (Å²) in [6, 6.07) is 12.1. The third kappa shape index (κ3) is 7.28. The molecule has 0 radical (unpaired) electrons. The Labute approximate surface area is 167 Å². The minimum Gasteiger partial charge on any atom is -0.490 e. The Morgan fingerprint density at radius 1 is 0.714 bits per heavy atom. The van der Waals surface area contributed by atoms with E-state index in [-0.39, 0.29) is 13.2 Å². The molecule has 0 aromatic heterocycles. The van der Waals surface area contributed by atoms with Gasteiger partial charge in [-0.05, 0) is 12.1 Å². The normalized spacial score (nSPS) is 13.9. The van der Waals surface area contributed by atoms with Crippen LogP contribution >= 0.6 is 0 Å². The van der Waals surface area contributed by atoms with Gasteiger partial charge in [0.25, 0.3) is 0 Å². The predicted octanol–water partition coefficient (Wildman–Crippen LogP) is 2.32. The first-order valence-electron chi connectivity index (χ1n) is 9.97. The summed E-state index contributed by atoms with van der Waals surface area (Å²) in [5.41, 5.74) is 0. The Morgan fingerprint density at radius 2 is 1.11 bits per heavy atom. The summed E-state index contributed by atoms with van der Waals surface area (Å²) < 4.78 is 11.7. The molecule has 0 amide bonds. The van der Waals surface area contributed by atoms with E-state index >= 15 is 0 Å². The molecule has 0 fully saturated rings. The molecule has 28 heavy (non-hydrogen) atoms. The quantitative estimate of drug-likeness (QED) is 0.445. The van der Waals surface area contributed by atoms with E-state index in [1.807, 2.05) is 64.1 Å². The Hall–Kier alpha value is -1.86. The van der Waals surface area contributed by atoms with Crippen LogP contribution in [0.15, 0.2) is 36.4 Å². The second-order valence-corrected chi connectivity index (χ2v) is 7.66. The average molecular weight is 391 g/mol. The minimum atomic E-state index is -0.583. The second-order valence-electron chi connectivity index (χ2n) is 7.66. The van der Waals surface area contributed by atoms with Crippen LogP contribution in [0.5, 0.6) is 11.5 Å². The fourth-order valence-corrected chi connectivity index (χ4v) is 2.73. The number of ether oxygens (including phenoxy) is 2. The van der Waals surface area contributed by atoms with E-state index in [0.717, 1.165) is 10.8 Å². The van der Waals surface area contributed by atoms with Gasteiger partial charge in [-0.2, -0.15) is 0 Å². The predicted molar refractivity (Wildman–Crippen MR) is 113 cm³/mol. The fraction of sp³-hybridized carbons (Fsp3) is 0.545. The van der Waals surface area contributed by atoms with Gasteiger partial charge >= 0.3 is 0 Å². The Bertz CT molecular complexity index is 660. The molecule has 156 valence electrons. The highest BCUT2D eigenvalue weighted by Crippen LogP contribution is 2.33. The van der Waals surface area contributed by atoms with Crippen LogP contribution in [-0.4, -0.2) is 60.8 Å². The second kappa shape index (κ2) is 11.2. The lowest BCUT2D eigenvalue weighted by Crippen LogP contribution is -2.35. The van der Waals surface area contributed by atoms with Crippen LogP contribution in [0.25, 0.3) is 10.8 Å². The van der Waals surface area contributed by atoms with E-state index in [0.29, 0.717) is 36.7 Å². The molecule has 0 aliphatic heterocycles. The lowest BCUT2D eigenvalue weighted by molar-refractivity contribution is 0.104. The van der Waals surface area contributed by atoms with Gasteiger partial charge in [0.2, 0.25) is 0 Å². The van der Waals surface area contributed by atoms with Gasteiger partial charge in [0.05, 0.1) is 0 Å². The maximum Gasteiger partial charge on any atom is 0.127 e. The van der Waals surface area contributed by atoms with Crippen LogP contribution < -0.4 is 20.1 Å². The monoisotopic (exact) mass is 390 g/mol. The van der Waals surface area contributed by atoms with Crippen LogP contribution in [0, 0.1) is 0 Å². The molecule has 0 saturated carbocycles. The van der Waals surface area contributed by atoms with Crippen LogP contribution in [0.1, 0.15) is 27.7 Å². The molecule has 0 heterocycles. The van der Waals surface area contributed by atoms with Gasteiger partial charge < -0.3 is 30.3 Å². The van der Waals surface area contributed by atoms with E-state index in [1.165, 1.54) is 0 Å². The van der Waals surface area contributed by atoms with Crippen molar-refractivity contribution in [1.29, 1.82) is 0 Å². The van der Waals surface area contributed by atoms with Crippen molar-refractivity contribution in [2.75, 3.05) is 26.3 Å². The number of aliphatic hydroxyl groups is 2. The van der Waals surface area contributed by atoms with Crippen LogP contribution in [0.4, 0.5) is 0 Å². The number of nitrogens with one attached hydrogen (secondary N) is 2. The molecule has 2 aromatic rings. The van der Waals surface area contributed by atoms with Crippen LogP contribution in [0.3, 0.4) is 0 Å². The maximum atomic E-state index is 10.1. The zero-order valence-corrected chi connectivity index (χ0v) is 17.3. The Balaban J connectivity index is 2.01. The number of fused-ring (bicyclic) bond motifs is 1. The molecule has 0 bridgehead atoms. The summed E-state index contributed by atoms with van der Waals surface area (Å²) in [6.45, 7) is 9.54. The molecule has 0 saturated heterocycles. The highest BCUT2D eigenvalue weighted by Gasteiger charge is 2.12. The first kappa shape index (κ1) is 22.4. The lowest BCUT2D eigenvalue weighted by Gasteiger charge is -2.18. The van der Waals surface area contributed by atoms with E-state index in [4.69, 9.17) is 9.47 Å². The first-order valence-corrected chi connectivity index (χ1v) is 9.97. The van der Waals surface area contributed by atoms with E-state index in [9.17, 15) is 10.2 Å². The molecular weight excluding hydrogens is 356 g/mol. The SMILES string of the molecule is CC(C)NCC(O)COc1ccc(OCC(O)CNC(C)C)c2ccccc12. The molecule has 0 spiro atoms. The topological polar surface area (TPSA) is 83.0 Å². The zero-order chi connectivity index (χ0) is 20.5. The van der Waals surface area contributed by atoms with Gasteiger partial charge in [0, 0.05) is 35.9 Å². The van der Waals surface area contributed by atoms with Crippen molar-refractivity contribution in [3.8, 4) is 11.5 Å². The van der Waals surface area contributed by atoms with Gasteiger partial charge in [0.1, 0.15) is 36.9 Å². The van der Waals surface area contributed by atoms with Gasteiger partial charge in [-0.15, -0.1) is 0 Å². The standard InChI is InChI=1S/C22H34N2O4/c1-15(2)23-11-17(25)13-27-21-9-10-22(20-8-6-5-7-19(20)21)28-14-18(26)12-24-16(3)4/h5-10,15-18,23-26H,11-14H2,1-4H3. The fourth-order valence-electron chi connectivity index (χ4n) is 2.73. The zero-order valence-electron chi connectivity index (χ0n) is 17.3. The van der Waals surface area contributed by atoms with Gasteiger partial charge in [-0.25, -0.2) is 0 Å². The largest absolute Gasteiger partial charge is 0.490 e. The van der Waals surface area contributed by atoms with Crippen molar-refractivity contribution in [3.05, 3.63) is 36.4 Å². The lowest BCUT2D eigenvalue weighted by atomic mass is 10.1. The van der Waals surface area contributed by atoms with Crippen molar-refractivity contribution in [1.82, 2.24) is 10.6 Å². The molecule has 2 aromatic carbocycles. The highest BCUT2D eigenvalue weighted by molar-refractivity contribution is 5.93. The number of rotatable bonds is 12. The summed E-state index contributed by atoms with van der Waals surface area (Å²) >= 11 is 0. The van der Waals surface area contributed by atoms with Gasteiger partial charge in [0.15, 0.2) is 0 Å². The van der Waals surface area contributed by atoms with Gasteiger partial charge in [-0.3, -0.25) is 0 Å². The van der Waals surface area contributed by atoms with E-state index in [2.05, 4.69) is 10.6 Å². The Morgan fingerprint density at radius 3 is 1.46 bits per heavy atom. The molecule has 2 rings (SSSR count). The smallest absolute Gasteiger partial charge is 0.127 e. The van der Waals surface area contributed by atoms with E-state index in [1.54, 1.807) is 0 Å². The highest BCUT2D eigenvalue weighted by atomic mass is 16.5. The molecule has 2 unspecified atom stereocenters. The summed E-state index contributed by atoms with van der Waals surface area (Å²) in [7, 11) is 0. The summed E-state index contributed by atoms with van der Waals surface area (Å²) in [5.74, 6) is 1.40. The molecule has 2 atom stereocenters. The van der Waals surface area contributed by atoms with Crippen molar-refractivity contribution < 1.29 is 19.7 Å². The van der Waals surface area contributed by atoms with E-state index < -0.39 is 12.2 Å². The van der Waals surface area contributed by atoms with Crippen molar-refractivity contribution in [2.45, 2.75) is 52.0 Å². The van der Waals surface area contributed by atoms with Crippen molar-refractivity contribution in [2.24, 2.45) is 0 Å². The minimum absolute atomic E-state index is 0.212. The molecule has 6 nitrogen and oxygen atoms in total. The summed E-state index contributed by atoms with van der Waals surface area (Å²) in [6.07, 6.45) is -1.17. The average Bonchev–Trinajstić information content (AvgIpc) is 2.67. The molecule has 6 heteroatoms. The molecule has 0 aliphatic carbocycles. The number of benzene rings is 2. The van der Waals surface area contributed by atoms with Crippen molar-refractivity contribution in [3.63, 3.8) is 0 Å². The molecular formula is C22H34N2O4. The van der Waals surface area contributed by atoms with Crippen molar-refractivity contribution >= 4 is 10.8 Å². The first-order chi connectivity index (χ1) is 13.4.